The zero-order valence-electron chi connectivity index (χ0n) is 9.41. The summed E-state index contributed by atoms with van der Waals surface area (Å²) < 4.78 is 0. The Morgan fingerprint density at radius 3 is 2.47 bits per heavy atom. The van der Waals surface area contributed by atoms with Crippen molar-refractivity contribution in [2.75, 3.05) is 27.2 Å². The van der Waals surface area contributed by atoms with Crippen molar-refractivity contribution in [1.29, 1.82) is 0 Å². The summed E-state index contributed by atoms with van der Waals surface area (Å²) in [6, 6.07) is -1.30. The van der Waals surface area contributed by atoms with Crippen molar-refractivity contribution >= 4 is 12.0 Å². The Labute approximate surface area is 89.6 Å². The number of rotatable bonds is 6. The molecule has 0 aliphatic heterocycles. The number of urea groups is 1. The molecule has 0 saturated carbocycles. The second kappa shape index (κ2) is 7.05. The van der Waals surface area contributed by atoms with Gasteiger partial charge in [-0.25, -0.2) is 4.79 Å². The molecule has 6 heteroatoms. The van der Waals surface area contributed by atoms with E-state index in [0.29, 0.717) is 6.54 Å². The van der Waals surface area contributed by atoms with Gasteiger partial charge in [0.05, 0.1) is 0 Å². The van der Waals surface area contributed by atoms with E-state index < -0.39 is 18.0 Å². The predicted molar refractivity (Wildman–Crippen MR) is 56.8 cm³/mol. The van der Waals surface area contributed by atoms with Gasteiger partial charge in [-0.2, -0.15) is 0 Å². The van der Waals surface area contributed by atoms with Crippen molar-refractivity contribution in [3.63, 3.8) is 0 Å². The van der Waals surface area contributed by atoms with E-state index in [1.807, 2.05) is 19.0 Å². The summed E-state index contributed by atoms with van der Waals surface area (Å²) in [4.78, 5) is 23.5. The fourth-order valence-electron chi connectivity index (χ4n) is 0.907. The van der Waals surface area contributed by atoms with Crippen LogP contribution >= 0.6 is 0 Å². The maximum atomic E-state index is 11.1. The number of nitrogens with zero attached hydrogens (tertiary/aromatic N) is 1. The second-order valence-corrected chi connectivity index (χ2v) is 3.62. The summed E-state index contributed by atoms with van der Waals surface area (Å²) in [6.45, 7) is 2.84. The summed E-state index contributed by atoms with van der Waals surface area (Å²) in [7, 11) is 3.90. The van der Waals surface area contributed by atoms with Crippen LogP contribution in [0.15, 0.2) is 0 Å². The zero-order valence-corrected chi connectivity index (χ0v) is 9.41. The smallest absolute Gasteiger partial charge is 0.325 e. The number of carboxylic acid groups (broad SMARTS) is 1. The number of hydrogen-bond acceptors (Lipinski definition) is 3. The van der Waals surface area contributed by atoms with Gasteiger partial charge in [-0.15, -0.1) is 0 Å². The number of carbonyl (C=O) groups is 2. The summed E-state index contributed by atoms with van der Waals surface area (Å²) in [5, 5.41) is 13.4. The summed E-state index contributed by atoms with van der Waals surface area (Å²) in [5.74, 6) is -1.04. The average molecular weight is 217 g/mol. The summed E-state index contributed by atoms with van der Waals surface area (Å²) in [6.07, 6.45) is 0.835. The molecular formula is C9H19N3O3. The largest absolute Gasteiger partial charge is 0.480 e. The Morgan fingerprint density at radius 1 is 1.40 bits per heavy atom. The van der Waals surface area contributed by atoms with Gasteiger partial charge >= 0.3 is 12.0 Å². The van der Waals surface area contributed by atoms with Gasteiger partial charge in [-0.3, -0.25) is 4.79 Å². The van der Waals surface area contributed by atoms with Crippen molar-refractivity contribution in [3.05, 3.63) is 0 Å². The molecule has 6 nitrogen and oxygen atoms in total. The molecule has 1 atom stereocenters. The fraction of sp³-hybridized carbons (Fsp3) is 0.778. The molecule has 15 heavy (non-hydrogen) atoms. The van der Waals surface area contributed by atoms with Crippen molar-refractivity contribution in [2.45, 2.75) is 19.4 Å². The van der Waals surface area contributed by atoms with Crippen LogP contribution in [0.4, 0.5) is 4.79 Å². The molecule has 0 bridgehead atoms. The number of hydrogen-bond donors (Lipinski definition) is 3. The standard InChI is InChI=1S/C9H19N3O3/c1-7(8(13)14)11-9(15)10-5-4-6-12(2)3/h7H,4-6H2,1-3H3,(H,13,14)(H2,10,11,15)/t7-/m0/s1. The molecule has 0 heterocycles. The lowest BCUT2D eigenvalue weighted by Gasteiger charge is -2.12. The van der Waals surface area contributed by atoms with Crippen LogP contribution in [0.1, 0.15) is 13.3 Å². The molecule has 0 aromatic carbocycles. The van der Waals surface area contributed by atoms with Crippen molar-refractivity contribution < 1.29 is 14.7 Å². The molecule has 0 saturated heterocycles. The van der Waals surface area contributed by atoms with Gasteiger partial charge in [0, 0.05) is 6.54 Å². The van der Waals surface area contributed by atoms with Crippen molar-refractivity contribution in [3.8, 4) is 0 Å². The van der Waals surface area contributed by atoms with Gasteiger partial charge in [-0.1, -0.05) is 0 Å². The Bertz CT molecular complexity index is 219. The highest BCUT2D eigenvalue weighted by Gasteiger charge is 2.12. The van der Waals surface area contributed by atoms with E-state index in [2.05, 4.69) is 10.6 Å². The van der Waals surface area contributed by atoms with E-state index >= 15 is 0 Å². The second-order valence-electron chi connectivity index (χ2n) is 3.62. The van der Waals surface area contributed by atoms with Gasteiger partial charge in [0.2, 0.25) is 0 Å². The van der Waals surface area contributed by atoms with Crippen molar-refractivity contribution in [1.82, 2.24) is 15.5 Å². The minimum atomic E-state index is -1.04. The Kier molecular flexibility index (Phi) is 6.44. The van der Waals surface area contributed by atoms with Crippen LogP contribution in [0.3, 0.4) is 0 Å². The molecule has 0 spiro atoms. The van der Waals surface area contributed by atoms with Crippen LogP contribution in [0, 0.1) is 0 Å². The molecule has 0 radical (unpaired) electrons. The maximum Gasteiger partial charge on any atom is 0.325 e. The molecule has 0 aromatic heterocycles. The molecule has 0 unspecified atom stereocenters. The first-order valence-corrected chi connectivity index (χ1v) is 4.85. The number of aliphatic carboxylic acids is 1. The minimum absolute atomic E-state index is 0.441. The quantitative estimate of drug-likeness (QED) is 0.534. The van der Waals surface area contributed by atoms with E-state index in [-0.39, 0.29) is 0 Å². The minimum Gasteiger partial charge on any atom is -0.480 e. The third-order valence-corrected chi connectivity index (χ3v) is 1.79. The first-order valence-electron chi connectivity index (χ1n) is 4.85. The van der Waals surface area contributed by atoms with E-state index in [9.17, 15) is 9.59 Å². The van der Waals surface area contributed by atoms with Crippen LogP contribution in [0.5, 0.6) is 0 Å². The zero-order chi connectivity index (χ0) is 11.8. The number of carbonyl (C=O) groups excluding carboxylic acids is 1. The topological polar surface area (TPSA) is 81.7 Å². The third-order valence-electron chi connectivity index (χ3n) is 1.79. The number of nitrogens with one attached hydrogen (secondary N) is 2. The molecule has 3 N–H and O–H groups in total. The molecule has 2 amide bonds. The van der Waals surface area contributed by atoms with Gasteiger partial charge in [-0.05, 0) is 34.0 Å². The fourth-order valence-corrected chi connectivity index (χ4v) is 0.907. The first kappa shape index (κ1) is 13.7. The monoisotopic (exact) mass is 217 g/mol. The van der Waals surface area contributed by atoms with Crippen LogP contribution in [-0.2, 0) is 4.79 Å². The molecular weight excluding hydrogens is 198 g/mol. The van der Waals surface area contributed by atoms with Crippen LogP contribution in [0.25, 0.3) is 0 Å². The van der Waals surface area contributed by atoms with Gasteiger partial charge in [0.15, 0.2) is 0 Å². The van der Waals surface area contributed by atoms with E-state index in [4.69, 9.17) is 5.11 Å². The van der Waals surface area contributed by atoms with E-state index in [1.54, 1.807) is 0 Å². The molecule has 0 aromatic rings. The molecule has 0 aliphatic rings. The normalized spacial score (nSPS) is 12.3. The lowest BCUT2D eigenvalue weighted by Crippen LogP contribution is -2.44. The summed E-state index contributed by atoms with van der Waals surface area (Å²) in [5.41, 5.74) is 0. The maximum absolute atomic E-state index is 11.1. The van der Waals surface area contributed by atoms with Crippen LogP contribution < -0.4 is 10.6 Å². The van der Waals surface area contributed by atoms with Gasteiger partial charge in [0.25, 0.3) is 0 Å². The first-order chi connectivity index (χ1) is 6.93. The SMILES string of the molecule is C[C@H](NC(=O)NCCCN(C)C)C(=O)O. The van der Waals surface area contributed by atoms with Gasteiger partial charge < -0.3 is 20.6 Å². The number of amides is 2. The molecule has 88 valence electrons. The predicted octanol–water partition coefficient (Wildman–Crippen LogP) is -0.290. The van der Waals surface area contributed by atoms with E-state index in [0.717, 1.165) is 13.0 Å². The molecule has 0 aliphatic carbocycles. The lowest BCUT2D eigenvalue weighted by atomic mass is 10.3. The highest BCUT2D eigenvalue weighted by atomic mass is 16.4. The lowest BCUT2D eigenvalue weighted by molar-refractivity contribution is -0.138. The highest BCUT2D eigenvalue weighted by molar-refractivity contribution is 5.82. The Morgan fingerprint density at radius 2 is 2.00 bits per heavy atom. The van der Waals surface area contributed by atoms with E-state index in [1.165, 1.54) is 6.92 Å². The van der Waals surface area contributed by atoms with Crippen molar-refractivity contribution in [2.24, 2.45) is 0 Å². The highest BCUT2D eigenvalue weighted by Crippen LogP contribution is 1.83. The van der Waals surface area contributed by atoms with Crippen LogP contribution in [-0.4, -0.2) is 55.2 Å². The Hall–Kier alpha value is -1.30. The Balaban J connectivity index is 3.54. The molecule has 0 rings (SSSR count). The van der Waals surface area contributed by atoms with Crippen LogP contribution in [0.2, 0.25) is 0 Å². The number of carboxylic acids is 1. The van der Waals surface area contributed by atoms with Gasteiger partial charge in [0.1, 0.15) is 6.04 Å². The molecule has 0 fully saturated rings. The summed E-state index contributed by atoms with van der Waals surface area (Å²) >= 11 is 0. The average Bonchev–Trinajstić information content (AvgIpc) is 2.12. The third kappa shape index (κ3) is 7.75.